The minimum atomic E-state index is -1.26. The van der Waals surface area contributed by atoms with Crippen molar-refractivity contribution in [2.75, 3.05) is 0 Å². The van der Waals surface area contributed by atoms with Crippen molar-refractivity contribution >= 4 is 29.2 Å². The fraction of sp³-hybridized carbons (Fsp3) is 0.400. The van der Waals surface area contributed by atoms with Crippen molar-refractivity contribution < 1.29 is 24.6 Å². The van der Waals surface area contributed by atoms with Gasteiger partial charge in [-0.25, -0.2) is 9.78 Å². The van der Waals surface area contributed by atoms with E-state index in [9.17, 15) is 14.4 Å². The summed E-state index contributed by atoms with van der Waals surface area (Å²) in [6, 6.07) is -1.21. The monoisotopic (exact) mass is 272 g/mol. The van der Waals surface area contributed by atoms with Crippen molar-refractivity contribution in [2.24, 2.45) is 0 Å². The van der Waals surface area contributed by atoms with E-state index in [1.165, 1.54) is 5.51 Å². The van der Waals surface area contributed by atoms with E-state index in [1.807, 2.05) is 0 Å². The highest BCUT2D eigenvalue weighted by Crippen LogP contribution is 2.12. The zero-order valence-electron chi connectivity index (χ0n) is 9.54. The van der Waals surface area contributed by atoms with E-state index in [4.69, 9.17) is 10.2 Å². The lowest BCUT2D eigenvalue weighted by molar-refractivity contribution is -0.140. The van der Waals surface area contributed by atoms with Crippen molar-refractivity contribution in [3.8, 4) is 0 Å². The Hall–Kier alpha value is -1.96. The smallest absolute Gasteiger partial charge is 0.326 e. The molecule has 7 nitrogen and oxygen atoms in total. The quantitative estimate of drug-likeness (QED) is 0.694. The maximum Gasteiger partial charge on any atom is 0.326 e. The molecule has 0 spiro atoms. The van der Waals surface area contributed by atoms with Crippen molar-refractivity contribution in [1.29, 1.82) is 0 Å². The predicted molar refractivity (Wildman–Crippen MR) is 62.6 cm³/mol. The topological polar surface area (TPSA) is 117 Å². The number of thiazole rings is 1. The third kappa shape index (κ3) is 3.81. The predicted octanol–water partition coefficient (Wildman–Crippen LogP) is 0.499. The third-order valence-electron chi connectivity index (χ3n) is 2.20. The van der Waals surface area contributed by atoms with Crippen LogP contribution in [0.1, 0.15) is 28.2 Å². The minimum absolute atomic E-state index is 0.158. The van der Waals surface area contributed by atoms with Crippen LogP contribution in [0.15, 0.2) is 5.51 Å². The Balaban J connectivity index is 2.67. The van der Waals surface area contributed by atoms with Gasteiger partial charge in [0.15, 0.2) is 0 Å². The highest BCUT2D eigenvalue weighted by atomic mass is 32.1. The fourth-order valence-electron chi connectivity index (χ4n) is 1.27. The Morgan fingerprint density at radius 1 is 1.44 bits per heavy atom. The molecule has 0 saturated heterocycles. The summed E-state index contributed by atoms with van der Waals surface area (Å²) in [4.78, 5) is 37.2. The molecule has 0 bridgehead atoms. The van der Waals surface area contributed by atoms with Gasteiger partial charge >= 0.3 is 11.9 Å². The van der Waals surface area contributed by atoms with Gasteiger partial charge in [-0.15, -0.1) is 11.3 Å². The molecular formula is C10H12N2O5S. The largest absolute Gasteiger partial charge is 0.481 e. The molecule has 1 unspecified atom stereocenters. The normalized spacial score (nSPS) is 11.8. The molecule has 1 rings (SSSR count). The molecule has 98 valence electrons. The van der Waals surface area contributed by atoms with E-state index < -0.39 is 23.9 Å². The number of nitrogens with one attached hydrogen (secondary N) is 1. The number of carboxylic acids is 2. The molecule has 0 aromatic carbocycles. The van der Waals surface area contributed by atoms with E-state index in [-0.39, 0.29) is 12.8 Å². The van der Waals surface area contributed by atoms with Gasteiger partial charge in [-0.3, -0.25) is 9.59 Å². The first-order valence-electron chi connectivity index (χ1n) is 5.07. The summed E-state index contributed by atoms with van der Waals surface area (Å²) in [6.45, 7) is 1.64. The second kappa shape index (κ2) is 6.10. The molecule has 0 saturated carbocycles. The summed E-state index contributed by atoms with van der Waals surface area (Å²) in [7, 11) is 0. The average molecular weight is 272 g/mol. The van der Waals surface area contributed by atoms with Crippen LogP contribution in [0.4, 0.5) is 0 Å². The van der Waals surface area contributed by atoms with Crippen LogP contribution in [0, 0.1) is 6.92 Å². The molecule has 0 aliphatic rings. The summed E-state index contributed by atoms with van der Waals surface area (Å²) in [5.74, 6) is -2.91. The van der Waals surface area contributed by atoms with E-state index in [0.717, 1.165) is 11.3 Å². The Labute approximate surface area is 106 Å². The highest BCUT2D eigenvalue weighted by Gasteiger charge is 2.23. The molecule has 1 aromatic rings. The Morgan fingerprint density at radius 2 is 2.11 bits per heavy atom. The van der Waals surface area contributed by atoms with Crippen molar-refractivity contribution in [3.05, 3.63) is 16.1 Å². The molecule has 8 heteroatoms. The number of carbonyl (C=O) groups is 3. The van der Waals surface area contributed by atoms with Crippen LogP contribution in [-0.2, 0) is 9.59 Å². The number of amides is 1. The Bertz CT molecular complexity index is 471. The van der Waals surface area contributed by atoms with Crippen LogP contribution >= 0.6 is 11.3 Å². The van der Waals surface area contributed by atoms with E-state index in [0.29, 0.717) is 10.6 Å². The molecule has 0 aliphatic carbocycles. The SMILES string of the molecule is Cc1ncsc1C(=O)NC(CCC(=O)O)C(=O)O. The number of rotatable bonds is 6. The van der Waals surface area contributed by atoms with Crippen LogP contribution in [0.2, 0.25) is 0 Å². The number of aliphatic carboxylic acids is 2. The summed E-state index contributed by atoms with van der Waals surface area (Å²) in [5.41, 5.74) is 2.00. The second-order valence-corrected chi connectivity index (χ2v) is 4.42. The van der Waals surface area contributed by atoms with E-state index >= 15 is 0 Å². The standard InChI is InChI=1S/C10H12N2O5S/c1-5-8(18-4-11-5)9(15)12-6(10(16)17)2-3-7(13)14/h4,6H,2-3H2,1H3,(H,12,15)(H,13,14)(H,16,17). The van der Waals surface area contributed by atoms with Crippen LogP contribution in [-0.4, -0.2) is 39.1 Å². The molecule has 1 amide bonds. The number of carboxylic acid groups (broad SMARTS) is 2. The molecule has 0 aliphatic heterocycles. The maximum absolute atomic E-state index is 11.7. The van der Waals surface area contributed by atoms with Gasteiger partial charge in [-0.1, -0.05) is 0 Å². The first-order chi connectivity index (χ1) is 8.41. The van der Waals surface area contributed by atoms with Crippen LogP contribution in [0.25, 0.3) is 0 Å². The molecule has 0 fully saturated rings. The van der Waals surface area contributed by atoms with Gasteiger partial charge < -0.3 is 15.5 Å². The lowest BCUT2D eigenvalue weighted by atomic mass is 10.1. The molecule has 1 heterocycles. The van der Waals surface area contributed by atoms with Gasteiger partial charge in [0.1, 0.15) is 10.9 Å². The second-order valence-electron chi connectivity index (χ2n) is 3.56. The van der Waals surface area contributed by atoms with Crippen LogP contribution in [0.5, 0.6) is 0 Å². The van der Waals surface area contributed by atoms with Crippen molar-refractivity contribution in [1.82, 2.24) is 10.3 Å². The van der Waals surface area contributed by atoms with Crippen LogP contribution in [0.3, 0.4) is 0 Å². The summed E-state index contributed by atoms with van der Waals surface area (Å²) >= 11 is 1.10. The zero-order valence-corrected chi connectivity index (χ0v) is 10.4. The maximum atomic E-state index is 11.7. The fourth-order valence-corrected chi connectivity index (χ4v) is 1.97. The number of aryl methyl sites for hydroxylation is 1. The number of carbonyl (C=O) groups excluding carboxylic acids is 1. The number of aromatic nitrogens is 1. The first kappa shape index (κ1) is 14.1. The van der Waals surface area contributed by atoms with Gasteiger partial charge in [0.25, 0.3) is 5.91 Å². The third-order valence-corrected chi connectivity index (χ3v) is 3.13. The lowest BCUT2D eigenvalue weighted by Gasteiger charge is -2.12. The van der Waals surface area contributed by atoms with Crippen molar-refractivity contribution in [3.63, 3.8) is 0 Å². The van der Waals surface area contributed by atoms with E-state index in [2.05, 4.69) is 10.3 Å². The van der Waals surface area contributed by atoms with Gasteiger partial charge in [-0.2, -0.15) is 0 Å². The summed E-state index contributed by atoms with van der Waals surface area (Å²) in [5, 5.41) is 19.7. The Morgan fingerprint density at radius 3 is 2.56 bits per heavy atom. The summed E-state index contributed by atoms with van der Waals surface area (Å²) in [6.07, 6.45) is -0.479. The zero-order chi connectivity index (χ0) is 13.7. The summed E-state index contributed by atoms with van der Waals surface area (Å²) < 4.78 is 0. The molecule has 0 radical (unpaired) electrons. The van der Waals surface area contributed by atoms with Gasteiger partial charge in [-0.05, 0) is 13.3 Å². The van der Waals surface area contributed by atoms with Crippen LogP contribution < -0.4 is 5.32 Å². The molecule has 1 aromatic heterocycles. The van der Waals surface area contributed by atoms with Crippen molar-refractivity contribution in [2.45, 2.75) is 25.8 Å². The van der Waals surface area contributed by atoms with Gasteiger partial charge in [0, 0.05) is 6.42 Å². The average Bonchev–Trinajstić information content (AvgIpc) is 2.69. The molecular weight excluding hydrogens is 260 g/mol. The molecule has 3 N–H and O–H groups in total. The number of nitrogens with zero attached hydrogens (tertiary/aromatic N) is 1. The molecule has 1 atom stereocenters. The Kier molecular flexibility index (Phi) is 4.78. The van der Waals surface area contributed by atoms with Gasteiger partial charge in [0.05, 0.1) is 11.2 Å². The first-order valence-corrected chi connectivity index (χ1v) is 5.95. The van der Waals surface area contributed by atoms with Gasteiger partial charge in [0.2, 0.25) is 0 Å². The lowest BCUT2D eigenvalue weighted by Crippen LogP contribution is -2.41. The highest BCUT2D eigenvalue weighted by molar-refractivity contribution is 7.11. The number of hydrogen-bond donors (Lipinski definition) is 3. The molecule has 18 heavy (non-hydrogen) atoms. The minimum Gasteiger partial charge on any atom is -0.481 e. The number of hydrogen-bond acceptors (Lipinski definition) is 5. The van der Waals surface area contributed by atoms with E-state index in [1.54, 1.807) is 6.92 Å².